The van der Waals surface area contributed by atoms with E-state index in [9.17, 15) is 0 Å². The Hall–Kier alpha value is -1.55. The second kappa shape index (κ2) is 9.97. The van der Waals surface area contributed by atoms with Gasteiger partial charge in [0, 0.05) is 31.7 Å². The van der Waals surface area contributed by atoms with E-state index in [-0.39, 0.29) is 24.8 Å². The van der Waals surface area contributed by atoms with Gasteiger partial charge >= 0.3 is 0 Å². The van der Waals surface area contributed by atoms with Gasteiger partial charge in [-0.2, -0.15) is 0 Å². The number of nitrogens with zero attached hydrogens (tertiary/aromatic N) is 3. The lowest BCUT2D eigenvalue weighted by molar-refractivity contribution is 0.343. The highest BCUT2D eigenvalue weighted by atomic mass is 35.5. The molecule has 5 heteroatoms. The van der Waals surface area contributed by atoms with E-state index in [1.54, 1.807) is 5.57 Å². The Bertz CT molecular complexity index is 801. The van der Waals surface area contributed by atoms with Crippen LogP contribution < -0.4 is 4.90 Å². The van der Waals surface area contributed by atoms with Crippen LogP contribution in [0, 0.1) is 11.8 Å². The molecule has 1 aromatic heterocycles. The first-order valence-electron chi connectivity index (χ1n) is 10.5. The number of anilines is 1. The Labute approximate surface area is 187 Å². The Morgan fingerprint density at radius 1 is 0.931 bits per heavy atom. The van der Waals surface area contributed by atoms with Gasteiger partial charge in [-0.05, 0) is 73.5 Å². The smallest absolute Gasteiger partial charge is 0.128 e. The van der Waals surface area contributed by atoms with Crippen molar-refractivity contribution >= 4 is 36.2 Å². The molecule has 0 spiro atoms. The minimum atomic E-state index is 0. The van der Waals surface area contributed by atoms with Gasteiger partial charge in [0.25, 0.3) is 0 Å². The summed E-state index contributed by atoms with van der Waals surface area (Å²) in [6, 6.07) is 15.6. The number of rotatable bonds is 5. The third kappa shape index (κ3) is 4.79. The lowest BCUT2D eigenvalue weighted by Crippen LogP contribution is -2.22. The van der Waals surface area contributed by atoms with Crippen molar-refractivity contribution in [1.29, 1.82) is 0 Å². The van der Waals surface area contributed by atoms with Crippen molar-refractivity contribution in [1.82, 2.24) is 9.88 Å². The summed E-state index contributed by atoms with van der Waals surface area (Å²) in [5.41, 5.74) is 4.46. The molecule has 0 amide bonds. The summed E-state index contributed by atoms with van der Waals surface area (Å²) in [4.78, 5) is 9.62. The lowest BCUT2D eigenvalue weighted by Gasteiger charge is -2.19. The van der Waals surface area contributed by atoms with Crippen LogP contribution in [0.25, 0.3) is 5.57 Å². The molecule has 5 rings (SSSR count). The summed E-state index contributed by atoms with van der Waals surface area (Å²) in [5.74, 6) is 2.53. The Morgan fingerprint density at radius 2 is 1.72 bits per heavy atom. The molecule has 3 heterocycles. The molecule has 0 saturated carbocycles. The van der Waals surface area contributed by atoms with Gasteiger partial charge in [-0.1, -0.05) is 36.4 Å². The second-order valence-corrected chi connectivity index (χ2v) is 8.35. The van der Waals surface area contributed by atoms with Gasteiger partial charge in [0.05, 0.1) is 0 Å². The van der Waals surface area contributed by atoms with Crippen molar-refractivity contribution in [2.24, 2.45) is 11.8 Å². The average molecular weight is 432 g/mol. The highest BCUT2D eigenvalue weighted by Gasteiger charge is 2.38. The van der Waals surface area contributed by atoms with E-state index in [4.69, 9.17) is 0 Å². The van der Waals surface area contributed by atoms with Crippen LogP contribution in [0.2, 0.25) is 0 Å². The molecule has 2 aliphatic heterocycles. The summed E-state index contributed by atoms with van der Waals surface area (Å²) in [6.07, 6.45) is 9.54. The number of fused-ring (bicyclic) bond motifs is 1. The number of hydrogen-bond acceptors (Lipinski definition) is 3. The third-order valence-electron chi connectivity index (χ3n) is 6.66. The number of likely N-dealkylation sites (tertiary alicyclic amines) is 1. The monoisotopic (exact) mass is 431 g/mol. The first kappa shape index (κ1) is 22.1. The Balaban J connectivity index is 0.00000120. The maximum atomic E-state index is 4.55. The molecule has 2 atom stereocenters. The topological polar surface area (TPSA) is 19.4 Å². The summed E-state index contributed by atoms with van der Waals surface area (Å²) in [5, 5.41) is 0. The Morgan fingerprint density at radius 3 is 2.45 bits per heavy atom. The molecular formula is C24H31Cl2N3. The van der Waals surface area contributed by atoms with Crippen LogP contribution in [-0.2, 0) is 6.42 Å². The van der Waals surface area contributed by atoms with E-state index in [0.717, 1.165) is 24.8 Å². The molecule has 2 unspecified atom stereocenters. The van der Waals surface area contributed by atoms with Gasteiger partial charge in [0.2, 0.25) is 0 Å². The largest absolute Gasteiger partial charge is 0.356 e. The fourth-order valence-electron chi connectivity index (χ4n) is 5.11. The van der Waals surface area contributed by atoms with Crippen LogP contribution in [0.3, 0.4) is 0 Å². The molecular weight excluding hydrogens is 401 g/mol. The predicted molar refractivity (Wildman–Crippen MR) is 126 cm³/mol. The molecule has 1 aliphatic carbocycles. The molecule has 3 aliphatic rings. The quantitative estimate of drug-likeness (QED) is 0.655. The molecule has 2 saturated heterocycles. The molecule has 0 radical (unpaired) electrons. The molecule has 29 heavy (non-hydrogen) atoms. The summed E-state index contributed by atoms with van der Waals surface area (Å²) < 4.78 is 0. The van der Waals surface area contributed by atoms with Gasteiger partial charge in [-0.3, -0.25) is 0 Å². The first-order valence-corrected chi connectivity index (χ1v) is 10.5. The zero-order chi connectivity index (χ0) is 18.1. The van der Waals surface area contributed by atoms with E-state index >= 15 is 0 Å². The standard InChI is InChI=1S/C24H29N3.2ClH/c1-2-13-25-24(5-1)27-17-21-10-11-22(23(21)18-27)20-8-6-19(7-9-20)12-16-26-14-3-4-15-26;;/h1-2,5-9,11,13,21,23H,3-4,10,12,14-18H2;2*1H. The molecule has 156 valence electrons. The average Bonchev–Trinajstić information content (AvgIpc) is 3.45. The van der Waals surface area contributed by atoms with Gasteiger partial charge in [-0.25, -0.2) is 4.98 Å². The van der Waals surface area contributed by atoms with Crippen molar-refractivity contribution in [2.45, 2.75) is 25.7 Å². The number of pyridine rings is 1. The third-order valence-corrected chi connectivity index (χ3v) is 6.66. The van der Waals surface area contributed by atoms with Crippen LogP contribution in [0.5, 0.6) is 0 Å². The molecule has 2 aromatic rings. The number of hydrogen-bond donors (Lipinski definition) is 0. The van der Waals surface area contributed by atoms with E-state index in [0.29, 0.717) is 5.92 Å². The number of halogens is 2. The van der Waals surface area contributed by atoms with Crippen molar-refractivity contribution in [3.05, 3.63) is 65.9 Å². The molecule has 1 aromatic carbocycles. The maximum absolute atomic E-state index is 4.55. The maximum Gasteiger partial charge on any atom is 0.128 e. The number of aromatic nitrogens is 1. The van der Waals surface area contributed by atoms with Crippen molar-refractivity contribution in [3.63, 3.8) is 0 Å². The van der Waals surface area contributed by atoms with Crippen LogP contribution in [0.4, 0.5) is 5.82 Å². The van der Waals surface area contributed by atoms with E-state index in [2.05, 4.69) is 57.3 Å². The SMILES string of the molecule is C1=C(c2ccc(CCN3CCCC3)cc2)C2CN(c3ccccn3)CC2C1.Cl.Cl. The van der Waals surface area contributed by atoms with E-state index in [1.807, 2.05) is 12.3 Å². The Kier molecular flexibility index (Phi) is 7.61. The van der Waals surface area contributed by atoms with Crippen LogP contribution >= 0.6 is 24.8 Å². The van der Waals surface area contributed by atoms with Gasteiger partial charge in [0.15, 0.2) is 0 Å². The van der Waals surface area contributed by atoms with Crippen molar-refractivity contribution in [3.8, 4) is 0 Å². The molecule has 2 fully saturated rings. The predicted octanol–water partition coefficient (Wildman–Crippen LogP) is 5.10. The highest BCUT2D eigenvalue weighted by Crippen LogP contribution is 2.43. The first-order chi connectivity index (χ1) is 13.4. The summed E-state index contributed by atoms with van der Waals surface area (Å²) >= 11 is 0. The second-order valence-electron chi connectivity index (χ2n) is 8.35. The minimum Gasteiger partial charge on any atom is -0.356 e. The van der Waals surface area contributed by atoms with Crippen LogP contribution in [0.15, 0.2) is 54.7 Å². The normalized spacial score (nSPS) is 23.3. The van der Waals surface area contributed by atoms with Crippen molar-refractivity contribution < 1.29 is 0 Å². The van der Waals surface area contributed by atoms with Gasteiger partial charge in [0.1, 0.15) is 5.82 Å². The van der Waals surface area contributed by atoms with Crippen molar-refractivity contribution in [2.75, 3.05) is 37.6 Å². The molecule has 3 nitrogen and oxygen atoms in total. The number of allylic oxidation sites excluding steroid dienone is 1. The van der Waals surface area contributed by atoms with Crippen LogP contribution in [-0.4, -0.2) is 42.6 Å². The summed E-state index contributed by atoms with van der Waals surface area (Å²) in [7, 11) is 0. The molecule has 0 N–H and O–H groups in total. The van der Waals surface area contributed by atoms with Crippen LogP contribution in [0.1, 0.15) is 30.4 Å². The van der Waals surface area contributed by atoms with E-state index < -0.39 is 0 Å². The lowest BCUT2D eigenvalue weighted by atomic mass is 9.90. The van der Waals surface area contributed by atoms with E-state index in [1.165, 1.54) is 56.4 Å². The highest BCUT2D eigenvalue weighted by molar-refractivity contribution is 5.85. The zero-order valence-corrected chi connectivity index (χ0v) is 18.5. The minimum absolute atomic E-state index is 0. The molecule has 0 bridgehead atoms. The van der Waals surface area contributed by atoms with Gasteiger partial charge < -0.3 is 9.80 Å². The summed E-state index contributed by atoms with van der Waals surface area (Å²) in [6.45, 7) is 6.03. The fraction of sp³-hybridized carbons (Fsp3) is 0.458. The number of benzene rings is 1. The van der Waals surface area contributed by atoms with Gasteiger partial charge in [-0.15, -0.1) is 24.8 Å². The fourth-order valence-corrected chi connectivity index (χ4v) is 5.11. The zero-order valence-electron chi connectivity index (χ0n) is 16.9.